The van der Waals surface area contributed by atoms with Gasteiger partial charge in [-0.15, -0.1) is 11.8 Å². The molecule has 1 rings (SSSR count). The summed E-state index contributed by atoms with van der Waals surface area (Å²) in [6.07, 6.45) is 0.863. The number of nitrogens with one attached hydrogen (secondary N) is 1. The Hall–Kier alpha value is -0.680. The molecule has 0 aliphatic rings. The molecule has 1 unspecified atom stereocenters. The van der Waals surface area contributed by atoms with Crippen LogP contribution in [-0.4, -0.2) is 6.54 Å². The van der Waals surface area contributed by atoms with Crippen LogP contribution in [0.5, 0.6) is 0 Å². The van der Waals surface area contributed by atoms with E-state index >= 15 is 0 Å². The van der Waals surface area contributed by atoms with Crippen LogP contribution in [0.3, 0.4) is 0 Å². The molecule has 0 bridgehead atoms. The summed E-state index contributed by atoms with van der Waals surface area (Å²) in [4.78, 5) is 0. The Kier molecular flexibility index (Phi) is 5.69. The van der Waals surface area contributed by atoms with Gasteiger partial charge in [0.1, 0.15) is 0 Å². The van der Waals surface area contributed by atoms with Crippen molar-refractivity contribution >= 4 is 23.2 Å². The summed E-state index contributed by atoms with van der Waals surface area (Å²) < 4.78 is 0. The van der Waals surface area contributed by atoms with Crippen molar-refractivity contribution in [2.45, 2.75) is 26.3 Å². The molecule has 0 saturated heterocycles. The van der Waals surface area contributed by atoms with Crippen LogP contribution in [0.1, 0.15) is 31.9 Å². The van der Waals surface area contributed by atoms with E-state index in [1.807, 2.05) is 25.1 Å². The van der Waals surface area contributed by atoms with Crippen LogP contribution in [0.2, 0.25) is 10.0 Å². The molecule has 1 aromatic rings. The summed E-state index contributed by atoms with van der Waals surface area (Å²) in [5.74, 6) is 5.89. The Balaban J connectivity index is 2.54. The second-order valence-corrected chi connectivity index (χ2v) is 4.34. The van der Waals surface area contributed by atoms with Gasteiger partial charge in [-0.1, -0.05) is 29.3 Å². The Morgan fingerprint density at radius 2 is 2.06 bits per heavy atom. The summed E-state index contributed by atoms with van der Waals surface area (Å²) in [6, 6.07) is 5.96. The van der Waals surface area contributed by atoms with Crippen LogP contribution in [-0.2, 0) is 0 Å². The van der Waals surface area contributed by atoms with E-state index in [1.54, 1.807) is 0 Å². The quantitative estimate of drug-likeness (QED) is 0.632. The number of rotatable bonds is 4. The van der Waals surface area contributed by atoms with Gasteiger partial charge in [-0.05, 0) is 31.5 Å². The first-order valence-electron chi connectivity index (χ1n) is 5.23. The first-order valence-corrected chi connectivity index (χ1v) is 5.98. The summed E-state index contributed by atoms with van der Waals surface area (Å²) in [6.45, 7) is 4.82. The fourth-order valence-electron chi connectivity index (χ4n) is 1.38. The SMILES string of the molecule is CC#CCCNC(C)c1ccc(Cl)c(Cl)c1. The normalized spacial score (nSPS) is 11.8. The lowest BCUT2D eigenvalue weighted by Crippen LogP contribution is -2.19. The summed E-state index contributed by atoms with van der Waals surface area (Å²) in [5.41, 5.74) is 1.14. The zero-order valence-electron chi connectivity index (χ0n) is 9.48. The predicted octanol–water partition coefficient (Wildman–Crippen LogP) is 4.06. The van der Waals surface area contributed by atoms with Crippen LogP contribution < -0.4 is 5.32 Å². The molecule has 0 aliphatic carbocycles. The Morgan fingerprint density at radius 3 is 2.69 bits per heavy atom. The highest BCUT2D eigenvalue weighted by atomic mass is 35.5. The average molecular weight is 256 g/mol. The van der Waals surface area contributed by atoms with Crippen molar-refractivity contribution in [2.24, 2.45) is 0 Å². The summed E-state index contributed by atoms with van der Waals surface area (Å²) >= 11 is 11.8. The number of hydrogen-bond acceptors (Lipinski definition) is 1. The Labute approximate surface area is 107 Å². The van der Waals surface area contributed by atoms with Crippen molar-refractivity contribution in [3.63, 3.8) is 0 Å². The van der Waals surface area contributed by atoms with Gasteiger partial charge in [-0.25, -0.2) is 0 Å². The zero-order chi connectivity index (χ0) is 12.0. The lowest BCUT2D eigenvalue weighted by Gasteiger charge is -2.13. The minimum absolute atomic E-state index is 0.258. The van der Waals surface area contributed by atoms with Crippen LogP contribution in [0.4, 0.5) is 0 Å². The average Bonchev–Trinajstić information content (AvgIpc) is 2.28. The van der Waals surface area contributed by atoms with Crippen molar-refractivity contribution in [2.75, 3.05) is 6.54 Å². The van der Waals surface area contributed by atoms with Crippen LogP contribution >= 0.6 is 23.2 Å². The maximum absolute atomic E-state index is 5.96. The Bertz CT molecular complexity index is 404. The molecule has 0 amide bonds. The molecule has 0 aliphatic heterocycles. The molecule has 3 heteroatoms. The predicted molar refractivity (Wildman–Crippen MR) is 70.9 cm³/mol. The molecule has 0 spiro atoms. The van der Waals surface area contributed by atoms with Crippen molar-refractivity contribution in [1.82, 2.24) is 5.32 Å². The van der Waals surface area contributed by atoms with Crippen molar-refractivity contribution in [1.29, 1.82) is 0 Å². The van der Waals surface area contributed by atoms with Gasteiger partial charge in [-0.2, -0.15) is 0 Å². The van der Waals surface area contributed by atoms with E-state index < -0.39 is 0 Å². The van der Waals surface area contributed by atoms with Crippen molar-refractivity contribution in [3.8, 4) is 11.8 Å². The number of halogens is 2. The third kappa shape index (κ3) is 4.06. The molecule has 0 heterocycles. The molecule has 86 valence electrons. The fraction of sp³-hybridized carbons (Fsp3) is 0.385. The second kappa shape index (κ2) is 6.81. The topological polar surface area (TPSA) is 12.0 Å². The van der Waals surface area contributed by atoms with Gasteiger partial charge in [0.05, 0.1) is 10.0 Å². The minimum Gasteiger partial charge on any atom is -0.309 e. The van der Waals surface area contributed by atoms with Crippen LogP contribution in [0.15, 0.2) is 18.2 Å². The summed E-state index contributed by atoms with van der Waals surface area (Å²) in [7, 11) is 0. The maximum Gasteiger partial charge on any atom is 0.0595 e. The van der Waals surface area contributed by atoms with Crippen molar-refractivity contribution < 1.29 is 0 Å². The molecular weight excluding hydrogens is 241 g/mol. The molecule has 0 aromatic heterocycles. The maximum atomic E-state index is 5.96. The third-order valence-electron chi connectivity index (χ3n) is 2.32. The molecule has 0 saturated carbocycles. The fourth-order valence-corrected chi connectivity index (χ4v) is 1.68. The van der Waals surface area contributed by atoms with E-state index in [4.69, 9.17) is 23.2 Å². The van der Waals surface area contributed by atoms with Gasteiger partial charge in [0, 0.05) is 19.0 Å². The van der Waals surface area contributed by atoms with Gasteiger partial charge in [0.25, 0.3) is 0 Å². The molecule has 1 aromatic carbocycles. The second-order valence-electron chi connectivity index (χ2n) is 3.53. The highest BCUT2D eigenvalue weighted by molar-refractivity contribution is 6.42. The molecule has 1 nitrogen and oxygen atoms in total. The third-order valence-corrected chi connectivity index (χ3v) is 3.06. The van der Waals surface area contributed by atoms with Crippen molar-refractivity contribution in [3.05, 3.63) is 33.8 Å². The van der Waals surface area contributed by atoms with Gasteiger partial charge in [0.2, 0.25) is 0 Å². The monoisotopic (exact) mass is 255 g/mol. The highest BCUT2D eigenvalue weighted by Crippen LogP contribution is 2.25. The zero-order valence-corrected chi connectivity index (χ0v) is 11.0. The van der Waals surface area contributed by atoms with E-state index in [0.29, 0.717) is 10.0 Å². The lowest BCUT2D eigenvalue weighted by molar-refractivity contribution is 0.584. The van der Waals surface area contributed by atoms with Gasteiger partial charge in [0.15, 0.2) is 0 Å². The van der Waals surface area contributed by atoms with Crippen LogP contribution in [0, 0.1) is 11.8 Å². The molecule has 16 heavy (non-hydrogen) atoms. The molecule has 0 fully saturated rings. The van der Waals surface area contributed by atoms with E-state index in [1.165, 1.54) is 0 Å². The summed E-state index contributed by atoms with van der Waals surface area (Å²) in [5, 5.41) is 4.57. The van der Waals surface area contributed by atoms with E-state index in [-0.39, 0.29) is 6.04 Å². The number of hydrogen-bond donors (Lipinski definition) is 1. The molecule has 0 radical (unpaired) electrons. The smallest absolute Gasteiger partial charge is 0.0595 e. The lowest BCUT2D eigenvalue weighted by atomic mass is 10.1. The van der Waals surface area contributed by atoms with E-state index in [0.717, 1.165) is 18.5 Å². The molecule has 1 atom stereocenters. The van der Waals surface area contributed by atoms with E-state index in [2.05, 4.69) is 24.1 Å². The van der Waals surface area contributed by atoms with E-state index in [9.17, 15) is 0 Å². The molecular formula is C13H15Cl2N. The Morgan fingerprint density at radius 1 is 1.31 bits per heavy atom. The number of benzene rings is 1. The van der Waals surface area contributed by atoms with Gasteiger partial charge in [-0.3, -0.25) is 0 Å². The highest BCUT2D eigenvalue weighted by Gasteiger charge is 2.06. The standard InChI is InChI=1S/C13H15Cl2N/c1-3-4-5-8-16-10(2)11-6-7-12(14)13(15)9-11/h6-7,9-10,16H,5,8H2,1-2H3. The largest absolute Gasteiger partial charge is 0.309 e. The molecule has 1 N–H and O–H groups in total. The first kappa shape index (κ1) is 13.4. The first-order chi connectivity index (χ1) is 7.65. The van der Waals surface area contributed by atoms with Gasteiger partial charge < -0.3 is 5.32 Å². The van der Waals surface area contributed by atoms with Crippen LogP contribution in [0.25, 0.3) is 0 Å². The minimum atomic E-state index is 0.258. The van der Waals surface area contributed by atoms with Gasteiger partial charge >= 0.3 is 0 Å².